The second-order valence-corrected chi connectivity index (χ2v) is 11.7. The molecule has 0 N–H and O–H groups in total. The quantitative estimate of drug-likeness (QED) is 0.134. The zero-order valence-corrected chi connectivity index (χ0v) is 23.0. The van der Waals surface area contributed by atoms with Gasteiger partial charge in [-0.15, -0.1) is 0 Å². The number of nitrogens with zero attached hydrogens (tertiary/aromatic N) is 2. The van der Waals surface area contributed by atoms with E-state index in [9.17, 15) is 87.8 Å². The van der Waals surface area contributed by atoms with E-state index in [0.29, 0.717) is 12.8 Å². The number of carbonyl (C=O) groups is 1. The summed E-state index contributed by atoms with van der Waals surface area (Å²) in [5.41, 5.74) is 0. The average molecular weight is 708 g/mol. The molecule has 1 rings (SSSR count). The van der Waals surface area contributed by atoms with Crippen molar-refractivity contribution in [3.05, 3.63) is 0 Å². The predicted molar refractivity (Wildman–Crippen MR) is 116 cm³/mol. The normalized spacial score (nSPS) is 17.7. The summed E-state index contributed by atoms with van der Waals surface area (Å²) in [6, 6.07) is 0. The highest BCUT2D eigenvalue weighted by molar-refractivity contribution is 7.90. The summed E-state index contributed by atoms with van der Waals surface area (Å²) in [5.74, 6) is -52.5. The minimum Gasteiger partial charge on any atom is -0.340 e. The zero-order chi connectivity index (χ0) is 35.0. The molecule has 262 valence electrons. The summed E-state index contributed by atoms with van der Waals surface area (Å²) >= 11 is 0. The molecule has 0 radical (unpaired) electrons. The van der Waals surface area contributed by atoms with Crippen LogP contribution in [0.15, 0.2) is 0 Å². The number of halogens is 17. The minimum atomic E-state index is -8.87. The summed E-state index contributed by atoms with van der Waals surface area (Å²) < 4.78 is 253. The first-order chi connectivity index (χ1) is 19.4. The molecule has 0 aromatic heterocycles. The zero-order valence-electron chi connectivity index (χ0n) is 22.2. The Bertz CT molecular complexity index is 1100. The number of rotatable bonds is 15. The highest BCUT2D eigenvalue weighted by atomic mass is 32.2. The third-order valence-corrected chi connectivity index (χ3v) is 8.64. The van der Waals surface area contributed by atoms with E-state index in [0.717, 1.165) is 30.6 Å². The van der Waals surface area contributed by atoms with E-state index in [1.165, 1.54) is 0 Å². The summed E-state index contributed by atoms with van der Waals surface area (Å²) in [6.07, 6.45) is -3.69. The van der Waals surface area contributed by atoms with Crippen molar-refractivity contribution in [2.45, 2.75) is 98.8 Å². The third-order valence-electron chi connectivity index (χ3n) is 6.69. The monoisotopic (exact) mass is 708 g/mol. The lowest BCUT2D eigenvalue weighted by molar-refractivity contribution is -0.458. The molecule has 1 aliphatic rings. The molecule has 0 spiro atoms. The van der Waals surface area contributed by atoms with E-state index in [4.69, 9.17) is 0 Å². The molecule has 1 heterocycles. The van der Waals surface area contributed by atoms with Crippen molar-refractivity contribution in [2.75, 3.05) is 26.2 Å². The van der Waals surface area contributed by atoms with Crippen LogP contribution in [-0.2, 0) is 14.8 Å². The van der Waals surface area contributed by atoms with E-state index >= 15 is 0 Å². The highest BCUT2D eigenvalue weighted by Gasteiger charge is 2.96. The van der Waals surface area contributed by atoms with Crippen LogP contribution in [0.5, 0.6) is 0 Å². The standard InChI is InChI=1S/C21H25F17N2O3S/c1-2-3-4-5-6-7-8-13(41)39-9-11-40(12-10-39)44(42,43)21(37,38)19(32,33)17(28,29)15(24,25)14(22,23)16(26,27)18(30,31)20(34,35)36/h2-12H2,1H3. The van der Waals surface area contributed by atoms with Crippen LogP contribution >= 0.6 is 0 Å². The molecule has 1 amide bonds. The van der Waals surface area contributed by atoms with E-state index in [1.54, 1.807) is 0 Å². The molecule has 0 aromatic rings. The van der Waals surface area contributed by atoms with Gasteiger partial charge in [-0.25, -0.2) is 8.42 Å². The Hall–Kier alpha value is -1.81. The molecule has 0 unspecified atom stereocenters. The van der Waals surface area contributed by atoms with Gasteiger partial charge in [0.1, 0.15) is 0 Å². The van der Waals surface area contributed by atoms with E-state index in [-0.39, 0.29) is 6.42 Å². The van der Waals surface area contributed by atoms with Crippen molar-refractivity contribution in [1.82, 2.24) is 9.21 Å². The Labute approximate surface area is 238 Å². The van der Waals surface area contributed by atoms with Gasteiger partial charge in [-0.3, -0.25) is 4.79 Å². The molecule has 1 fully saturated rings. The molecule has 0 aliphatic carbocycles. The van der Waals surface area contributed by atoms with Gasteiger partial charge < -0.3 is 4.90 Å². The van der Waals surface area contributed by atoms with Crippen LogP contribution < -0.4 is 0 Å². The lowest BCUT2D eigenvalue weighted by Gasteiger charge is -2.43. The fourth-order valence-electron chi connectivity index (χ4n) is 3.87. The second-order valence-electron chi connectivity index (χ2n) is 9.76. The van der Waals surface area contributed by atoms with Crippen LogP contribution in [0.1, 0.15) is 51.9 Å². The van der Waals surface area contributed by atoms with E-state index in [2.05, 4.69) is 0 Å². The number of sulfonamides is 1. The lowest BCUT2D eigenvalue weighted by atomic mass is 9.91. The molecular weight excluding hydrogens is 683 g/mol. The van der Waals surface area contributed by atoms with Gasteiger partial charge in [-0.1, -0.05) is 39.0 Å². The first-order valence-corrected chi connectivity index (χ1v) is 13.9. The van der Waals surface area contributed by atoms with Crippen LogP contribution in [-0.4, -0.2) is 96.7 Å². The second kappa shape index (κ2) is 12.8. The maximum Gasteiger partial charge on any atom is 0.460 e. The number of amides is 1. The topological polar surface area (TPSA) is 57.7 Å². The maximum absolute atomic E-state index is 14.4. The average Bonchev–Trinajstić information content (AvgIpc) is 2.89. The maximum atomic E-state index is 14.4. The molecular formula is C21H25F17N2O3S. The lowest BCUT2D eigenvalue weighted by Crippen LogP contribution is -2.75. The number of hydrogen-bond acceptors (Lipinski definition) is 3. The predicted octanol–water partition coefficient (Wildman–Crippen LogP) is 7.18. The van der Waals surface area contributed by atoms with Crippen molar-refractivity contribution in [2.24, 2.45) is 0 Å². The molecule has 0 bridgehead atoms. The Morgan fingerprint density at radius 2 is 0.909 bits per heavy atom. The van der Waals surface area contributed by atoms with Crippen LogP contribution in [0.25, 0.3) is 0 Å². The van der Waals surface area contributed by atoms with Gasteiger partial charge in [-0.05, 0) is 6.42 Å². The SMILES string of the molecule is CCCCCCCCC(=O)N1CCN(S(=O)(=O)C(F)(F)C(F)(F)C(F)(F)C(F)(F)C(F)(F)C(F)(F)C(F)(F)C(F)(F)F)CC1. The molecule has 1 saturated heterocycles. The molecule has 0 saturated carbocycles. The summed E-state index contributed by atoms with van der Waals surface area (Å²) in [7, 11) is -7.34. The number of alkyl halides is 17. The fraction of sp³-hybridized carbons (Fsp3) is 0.952. The van der Waals surface area contributed by atoms with Gasteiger partial charge in [0.15, 0.2) is 0 Å². The Morgan fingerprint density at radius 1 is 0.545 bits per heavy atom. The molecule has 0 aromatic carbocycles. The smallest absolute Gasteiger partial charge is 0.340 e. The number of unbranched alkanes of at least 4 members (excludes halogenated alkanes) is 5. The summed E-state index contributed by atoms with van der Waals surface area (Å²) in [4.78, 5) is 13.0. The van der Waals surface area contributed by atoms with E-state index in [1.807, 2.05) is 6.92 Å². The summed E-state index contributed by atoms with van der Waals surface area (Å²) in [5, 5.41) is -7.59. The molecule has 5 nitrogen and oxygen atoms in total. The Kier molecular flexibility index (Phi) is 11.7. The molecule has 1 aliphatic heterocycles. The fourth-order valence-corrected chi connectivity index (χ4v) is 5.29. The molecule has 23 heteroatoms. The van der Waals surface area contributed by atoms with Crippen LogP contribution in [0, 0.1) is 0 Å². The number of piperazine rings is 1. The highest BCUT2D eigenvalue weighted by Crippen LogP contribution is 2.64. The van der Waals surface area contributed by atoms with Gasteiger partial charge in [0.25, 0.3) is 10.0 Å². The van der Waals surface area contributed by atoms with Gasteiger partial charge in [-0.2, -0.15) is 78.9 Å². The largest absolute Gasteiger partial charge is 0.460 e. The molecule has 0 atom stereocenters. The first kappa shape index (κ1) is 40.2. The van der Waals surface area contributed by atoms with Gasteiger partial charge in [0.05, 0.1) is 0 Å². The number of hydrogen-bond donors (Lipinski definition) is 0. The molecule has 44 heavy (non-hydrogen) atoms. The summed E-state index contributed by atoms with van der Waals surface area (Å²) in [6.45, 7) is -2.50. The van der Waals surface area contributed by atoms with Crippen LogP contribution in [0.3, 0.4) is 0 Å². The third kappa shape index (κ3) is 6.40. The van der Waals surface area contributed by atoms with Gasteiger partial charge in [0, 0.05) is 32.6 Å². The minimum absolute atomic E-state index is 0.138. The Balaban J connectivity index is 3.26. The van der Waals surface area contributed by atoms with Crippen molar-refractivity contribution in [3.8, 4) is 0 Å². The number of carbonyl (C=O) groups excluding carboxylic acids is 1. The van der Waals surface area contributed by atoms with Crippen molar-refractivity contribution < 1.29 is 87.8 Å². The van der Waals surface area contributed by atoms with Crippen LogP contribution in [0.4, 0.5) is 74.6 Å². The van der Waals surface area contributed by atoms with Gasteiger partial charge >= 0.3 is 47.0 Å². The van der Waals surface area contributed by atoms with Crippen molar-refractivity contribution in [3.63, 3.8) is 0 Å². The van der Waals surface area contributed by atoms with Crippen molar-refractivity contribution in [1.29, 1.82) is 0 Å². The first-order valence-electron chi connectivity index (χ1n) is 12.4. The Morgan fingerprint density at radius 3 is 1.32 bits per heavy atom. The van der Waals surface area contributed by atoms with Gasteiger partial charge in [0.2, 0.25) is 5.91 Å². The van der Waals surface area contributed by atoms with E-state index < -0.39 is 93.4 Å². The van der Waals surface area contributed by atoms with Crippen LogP contribution in [0.2, 0.25) is 0 Å². The van der Waals surface area contributed by atoms with Crippen molar-refractivity contribution >= 4 is 15.9 Å².